The van der Waals surface area contributed by atoms with Gasteiger partial charge in [0.2, 0.25) is 5.91 Å². The molecule has 2 heteroatoms. The Morgan fingerprint density at radius 2 is 1.88 bits per heavy atom. The highest BCUT2D eigenvalue weighted by Crippen LogP contribution is 2.10. The molecule has 0 aliphatic carbocycles. The van der Waals surface area contributed by atoms with Gasteiger partial charge < -0.3 is 4.90 Å². The Hall–Kier alpha value is -1.31. The molecule has 1 amide bonds. The zero-order valence-electron chi connectivity index (χ0n) is 11.6. The smallest absolute Gasteiger partial charge is 0.226 e. The van der Waals surface area contributed by atoms with E-state index in [1.54, 1.807) is 0 Å². The lowest BCUT2D eigenvalue weighted by Gasteiger charge is -2.23. The number of hydrogen-bond donors (Lipinski definition) is 0. The van der Waals surface area contributed by atoms with Crippen molar-refractivity contribution in [1.82, 2.24) is 4.90 Å². The summed E-state index contributed by atoms with van der Waals surface area (Å²) < 4.78 is 0. The summed E-state index contributed by atoms with van der Waals surface area (Å²) in [6.07, 6.45) is 12.6. The minimum absolute atomic E-state index is 0.191. The maximum absolute atomic E-state index is 11.9. The number of amides is 1. The van der Waals surface area contributed by atoms with Gasteiger partial charge in [-0.25, -0.2) is 0 Å². The number of hydrogen-bond acceptors (Lipinski definition) is 1. The van der Waals surface area contributed by atoms with Crippen LogP contribution in [0.2, 0.25) is 0 Å². The average molecular weight is 235 g/mol. The first-order chi connectivity index (χ1) is 8.21. The lowest BCUT2D eigenvalue weighted by molar-refractivity contribution is -0.128. The first-order valence-electron chi connectivity index (χ1n) is 6.47. The highest BCUT2D eigenvalue weighted by molar-refractivity contribution is 5.78. The molecule has 0 saturated carbocycles. The van der Waals surface area contributed by atoms with Gasteiger partial charge in [0.1, 0.15) is 0 Å². The van der Waals surface area contributed by atoms with Crippen LogP contribution in [0.1, 0.15) is 47.0 Å². The Morgan fingerprint density at radius 3 is 2.35 bits per heavy atom. The maximum Gasteiger partial charge on any atom is 0.226 e. The highest BCUT2D eigenvalue weighted by atomic mass is 16.2. The van der Waals surface area contributed by atoms with E-state index in [4.69, 9.17) is 0 Å². The van der Waals surface area contributed by atoms with Crippen molar-refractivity contribution in [3.8, 4) is 0 Å². The van der Waals surface area contributed by atoms with Crippen LogP contribution in [-0.2, 0) is 4.79 Å². The Bertz CT molecular complexity index is 300. The first-order valence-corrected chi connectivity index (χ1v) is 6.47. The zero-order valence-corrected chi connectivity index (χ0v) is 11.6. The molecule has 0 radical (unpaired) electrons. The normalized spacial score (nSPS) is 12.6. The van der Waals surface area contributed by atoms with Crippen LogP contribution in [0.25, 0.3) is 0 Å². The van der Waals surface area contributed by atoms with E-state index >= 15 is 0 Å². The van der Waals surface area contributed by atoms with E-state index in [0.717, 1.165) is 25.1 Å². The Kier molecular flexibility index (Phi) is 9.12. The molecular weight excluding hydrogens is 210 g/mol. The van der Waals surface area contributed by atoms with Crippen molar-refractivity contribution >= 4 is 5.91 Å². The number of carbonyl (C=O) groups excluding carboxylic acids is 1. The second-order valence-corrected chi connectivity index (χ2v) is 3.85. The summed E-state index contributed by atoms with van der Waals surface area (Å²) in [5, 5.41) is 0. The van der Waals surface area contributed by atoms with Crippen LogP contribution in [0.5, 0.6) is 0 Å². The molecule has 0 bridgehead atoms. The van der Waals surface area contributed by atoms with Gasteiger partial charge in [0, 0.05) is 18.7 Å². The van der Waals surface area contributed by atoms with E-state index in [1.165, 1.54) is 0 Å². The first kappa shape index (κ1) is 15.7. The SMILES string of the molecule is C/C=C/C=C\C(=C/C)N(CCCC)C(=O)CC. The predicted octanol–water partition coefficient (Wildman–Crippen LogP) is 4.06. The second-order valence-electron chi connectivity index (χ2n) is 3.85. The minimum Gasteiger partial charge on any atom is -0.313 e. The van der Waals surface area contributed by atoms with Gasteiger partial charge in [0.15, 0.2) is 0 Å². The molecule has 0 aromatic rings. The Balaban J connectivity index is 4.79. The summed E-state index contributed by atoms with van der Waals surface area (Å²) in [6.45, 7) is 8.80. The molecule has 0 unspecified atom stereocenters. The van der Waals surface area contributed by atoms with Gasteiger partial charge >= 0.3 is 0 Å². The van der Waals surface area contributed by atoms with Crippen molar-refractivity contribution in [1.29, 1.82) is 0 Å². The summed E-state index contributed by atoms with van der Waals surface area (Å²) in [6, 6.07) is 0. The topological polar surface area (TPSA) is 20.3 Å². The molecule has 17 heavy (non-hydrogen) atoms. The Morgan fingerprint density at radius 1 is 1.18 bits per heavy atom. The van der Waals surface area contributed by atoms with Gasteiger partial charge in [0.05, 0.1) is 0 Å². The van der Waals surface area contributed by atoms with Crippen molar-refractivity contribution in [3.63, 3.8) is 0 Å². The van der Waals surface area contributed by atoms with Crippen LogP contribution in [0, 0.1) is 0 Å². The molecule has 0 heterocycles. The number of allylic oxidation sites excluding steroid dienone is 5. The molecule has 0 rings (SSSR count). The van der Waals surface area contributed by atoms with Gasteiger partial charge in [-0.1, -0.05) is 44.6 Å². The van der Waals surface area contributed by atoms with Gasteiger partial charge in [-0.2, -0.15) is 0 Å². The largest absolute Gasteiger partial charge is 0.313 e. The number of rotatable bonds is 7. The monoisotopic (exact) mass is 235 g/mol. The van der Waals surface area contributed by atoms with Crippen LogP contribution in [0.3, 0.4) is 0 Å². The molecule has 0 aliphatic heterocycles. The zero-order chi connectivity index (χ0) is 13.1. The quantitative estimate of drug-likeness (QED) is 0.609. The fourth-order valence-electron chi connectivity index (χ4n) is 1.51. The molecule has 0 saturated heterocycles. The minimum atomic E-state index is 0.191. The standard InChI is InChI=1S/C15H25NO/c1-5-9-11-12-14(7-3)16(13-10-6-2)15(17)8-4/h5,7,9,11-12H,6,8,10,13H2,1-4H3/b9-5+,12-11-,14-7+. The van der Waals surface area contributed by atoms with Gasteiger partial charge in [-0.05, 0) is 26.3 Å². The highest BCUT2D eigenvalue weighted by Gasteiger charge is 2.12. The van der Waals surface area contributed by atoms with Crippen molar-refractivity contribution in [2.75, 3.05) is 6.54 Å². The van der Waals surface area contributed by atoms with Gasteiger partial charge in [-0.15, -0.1) is 0 Å². The number of nitrogens with zero attached hydrogens (tertiary/aromatic N) is 1. The molecule has 0 fully saturated rings. The number of carbonyl (C=O) groups is 1. The molecule has 0 atom stereocenters. The summed E-state index contributed by atoms with van der Waals surface area (Å²) in [4.78, 5) is 13.8. The average Bonchev–Trinajstić information content (AvgIpc) is 2.36. The van der Waals surface area contributed by atoms with Crippen molar-refractivity contribution in [2.45, 2.75) is 47.0 Å². The van der Waals surface area contributed by atoms with Crippen LogP contribution >= 0.6 is 0 Å². The molecule has 0 N–H and O–H groups in total. The summed E-state index contributed by atoms with van der Waals surface area (Å²) in [5.74, 6) is 0.191. The second kappa shape index (κ2) is 9.88. The van der Waals surface area contributed by atoms with Gasteiger partial charge in [0.25, 0.3) is 0 Å². The van der Waals surface area contributed by atoms with E-state index in [1.807, 2.05) is 56.1 Å². The van der Waals surface area contributed by atoms with Crippen LogP contribution in [-0.4, -0.2) is 17.4 Å². The molecule has 0 aromatic heterocycles. The van der Waals surface area contributed by atoms with Crippen LogP contribution in [0.15, 0.2) is 36.1 Å². The van der Waals surface area contributed by atoms with Gasteiger partial charge in [-0.3, -0.25) is 4.79 Å². The predicted molar refractivity (Wildman–Crippen MR) is 74.6 cm³/mol. The van der Waals surface area contributed by atoms with Crippen LogP contribution < -0.4 is 0 Å². The van der Waals surface area contributed by atoms with E-state index in [-0.39, 0.29) is 5.91 Å². The van der Waals surface area contributed by atoms with E-state index < -0.39 is 0 Å². The molecule has 0 aliphatic rings. The fraction of sp³-hybridized carbons (Fsp3) is 0.533. The Labute approximate surface area is 106 Å². The van der Waals surface area contributed by atoms with Crippen molar-refractivity contribution < 1.29 is 4.79 Å². The lowest BCUT2D eigenvalue weighted by atomic mass is 10.2. The van der Waals surface area contributed by atoms with Crippen LogP contribution in [0.4, 0.5) is 0 Å². The van der Waals surface area contributed by atoms with Crippen molar-refractivity contribution in [3.05, 3.63) is 36.1 Å². The summed E-state index contributed by atoms with van der Waals surface area (Å²) >= 11 is 0. The fourth-order valence-corrected chi connectivity index (χ4v) is 1.51. The van der Waals surface area contributed by atoms with Crippen molar-refractivity contribution in [2.24, 2.45) is 0 Å². The third kappa shape index (κ3) is 6.10. The third-order valence-corrected chi connectivity index (χ3v) is 2.52. The molecular formula is C15H25NO. The van der Waals surface area contributed by atoms with E-state index in [0.29, 0.717) is 6.42 Å². The summed E-state index contributed by atoms with van der Waals surface area (Å²) in [7, 11) is 0. The molecule has 0 aromatic carbocycles. The molecule has 2 nitrogen and oxygen atoms in total. The number of unbranched alkanes of at least 4 members (excludes halogenated alkanes) is 1. The summed E-state index contributed by atoms with van der Waals surface area (Å²) in [5.41, 5.74) is 0.989. The van der Waals surface area contributed by atoms with E-state index in [2.05, 4.69) is 6.92 Å². The molecule has 0 spiro atoms. The van der Waals surface area contributed by atoms with E-state index in [9.17, 15) is 4.79 Å². The maximum atomic E-state index is 11.9. The lowest BCUT2D eigenvalue weighted by Crippen LogP contribution is -2.30. The third-order valence-electron chi connectivity index (χ3n) is 2.52. The molecule has 96 valence electrons.